The Labute approximate surface area is 148 Å². The van der Waals surface area contributed by atoms with Crippen molar-refractivity contribution < 1.29 is 13.9 Å². The Bertz CT molecular complexity index is 877. The molecule has 3 rings (SSSR count). The Hall–Kier alpha value is -1.95. The third-order valence-corrected chi connectivity index (χ3v) is 5.07. The van der Waals surface area contributed by atoms with Gasteiger partial charge in [0.05, 0.1) is 11.5 Å². The summed E-state index contributed by atoms with van der Waals surface area (Å²) in [6.07, 6.45) is 0. The molecule has 6 heteroatoms. The Kier molecular flexibility index (Phi) is 5.14. The largest absolute Gasteiger partial charge is 0.380 e. The fourth-order valence-corrected chi connectivity index (χ4v) is 3.76. The van der Waals surface area contributed by atoms with Gasteiger partial charge in [-0.05, 0) is 29.8 Å². The van der Waals surface area contributed by atoms with Gasteiger partial charge in [-0.25, -0.2) is 4.39 Å². The number of methoxy groups -OCH3 is 1. The van der Waals surface area contributed by atoms with Crippen molar-refractivity contribution in [3.63, 3.8) is 0 Å². The lowest BCUT2D eigenvalue weighted by Crippen LogP contribution is -2.23. The van der Waals surface area contributed by atoms with Gasteiger partial charge in [0.25, 0.3) is 5.91 Å². The number of benzene rings is 2. The molecule has 0 fully saturated rings. The van der Waals surface area contributed by atoms with E-state index in [2.05, 4.69) is 5.32 Å². The van der Waals surface area contributed by atoms with Gasteiger partial charge in [0.1, 0.15) is 5.82 Å². The summed E-state index contributed by atoms with van der Waals surface area (Å²) in [6.45, 7) is 0.559. The lowest BCUT2D eigenvalue weighted by molar-refractivity contribution is 0.0950. The first-order valence-electron chi connectivity index (χ1n) is 7.31. The molecule has 0 aliphatic rings. The highest BCUT2D eigenvalue weighted by atomic mass is 35.5. The third kappa shape index (κ3) is 3.43. The lowest BCUT2D eigenvalue weighted by atomic mass is 10.1. The van der Waals surface area contributed by atoms with Crippen LogP contribution in [0.25, 0.3) is 10.1 Å². The van der Waals surface area contributed by atoms with Crippen LogP contribution in [0.4, 0.5) is 4.39 Å². The molecule has 1 heterocycles. The number of hydrogen-bond donors (Lipinski definition) is 1. The second kappa shape index (κ2) is 7.30. The number of carbonyl (C=O) groups is 1. The van der Waals surface area contributed by atoms with E-state index >= 15 is 0 Å². The van der Waals surface area contributed by atoms with E-state index in [9.17, 15) is 9.18 Å². The minimum atomic E-state index is -0.340. The smallest absolute Gasteiger partial charge is 0.262 e. The van der Waals surface area contributed by atoms with Crippen LogP contribution >= 0.6 is 22.9 Å². The zero-order valence-corrected chi connectivity index (χ0v) is 14.5. The summed E-state index contributed by atoms with van der Waals surface area (Å²) < 4.78 is 20.0. The van der Waals surface area contributed by atoms with Crippen LogP contribution in [0.3, 0.4) is 0 Å². The van der Waals surface area contributed by atoms with E-state index in [1.165, 1.54) is 24.5 Å². The Morgan fingerprint density at radius 1 is 1.25 bits per heavy atom. The number of ether oxygens (including phenoxy) is 1. The van der Waals surface area contributed by atoms with E-state index in [1.54, 1.807) is 24.3 Å². The van der Waals surface area contributed by atoms with Crippen molar-refractivity contribution in [2.45, 2.75) is 13.2 Å². The molecule has 1 N–H and O–H groups in total. The molecule has 0 saturated heterocycles. The maximum absolute atomic E-state index is 14.1. The molecular weight excluding hydrogens is 349 g/mol. The molecule has 3 aromatic rings. The van der Waals surface area contributed by atoms with Gasteiger partial charge in [-0.1, -0.05) is 29.8 Å². The molecule has 0 aliphatic heterocycles. The van der Waals surface area contributed by atoms with Crippen molar-refractivity contribution in [1.29, 1.82) is 0 Å². The zero-order chi connectivity index (χ0) is 17.1. The number of rotatable bonds is 5. The van der Waals surface area contributed by atoms with Crippen molar-refractivity contribution in [1.82, 2.24) is 5.32 Å². The molecular formula is C18H15ClFNO2S. The highest BCUT2D eigenvalue weighted by Crippen LogP contribution is 2.33. The molecule has 0 unspecified atom stereocenters. The van der Waals surface area contributed by atoms with Crippen molar-refractivity contribution in [3.8, 4) is 0 Å². The molecule has 124 valence electrons. The van der Waals surface area contributed by atoms with Gasteiger partial charge in [0.15, 0.2) is 0 Å². The van der Waals surface area contributed by atoms with Gasteiger partial charge >= 0.3 is 0 Å². The van der Waals surface area contributed by atoms with E-state index in [1.807, 2.05) is 12.1 Å². The van der Waals surface area contributed by atoms with Gasteiger partial charge in [0.2, 0.25) is 0 Å². The summed E-state index contributed by atoms with van der Waals surface area (Å²) >= 11 is 7.12. The SMILES string of the molecule is COCc1c(C(=O)NCc2ccc(Cl)cc2)sc2cccc(F)c12. The Balaban J connectivity index is 1.87. The summed E-state index contributed by atoms with van der Waals surface area (Å²) in [5.74, 6) is -0.579. The zero-order valence-electron chi connectivity index (χ0n) is 12.9. The van der Waals surface area contributed by atoms with Gasteiger partial charge in [-0.3, -0.25) is 4.79 Å². The van der Waals surface area contributed by atoms with Gasteiger partial charge in [0, 0.05) is 34.3 Å². The van der Waals surface area contributed by atoms with E-state index in [0.717, 1.165) is 10.3 Å². The highest BCUT2D eigenvalue weighted by molar-refractivity contribution is 7.21. The van der Waals surface area contributed by atoms with E-state index in [4.69, 9.17) is 16.3 Å². The van der Waals surface area contributed by atoms with Crippen LogP contribution in [0.15, 0.2) is 42.5 Å². The fraction of sp³-hybridized carbons (Fsp3) is 0.167. The third-order valence-electron chi connectivity index (χ3n) is 3.62. The van der Waals surface area contributed by atoms with Gasteiger partial charge in [-0.2, -0.15) is 0 Å². The number of halogens is 2. The van der Waals surface area contributed by atoms with Crippen LogP contribution < -0.4 is 5.32 Å². The molecule has 24 heavy (non-hydrogen) atoms. The van der Waals surface area contributed by atoms with Crippen LogP contribution in [0, 0.1) is 5.82 Å². The molecule has 1 aromatic heterocycles. The van der Waals surface area contributed by atoms with E-state index < -0.39 is 0 Å². The predicted octanol–water partition coefficient (Wildman–Crippen LogP) is 4.77. The maximum Gasteiger partial charge on any atom is 0.262 e. The first-order chi connectivity index (χ1) is 11.6. The fourth-order valence-electron chi connectivity index (χ4n) is 2.50. The molecule has 0 aliphatic carbocycles. The van der Waals surface area contributed by atoms with Crippen LogP contribution in [0.5, 0.6) is 0 Å². The Morgan fingerprint density at radius 2 is 2.00 bits per heavy atom. The molecule has 0 spiro atoms. The summed E-state index contributed by atoms with van der Waals surface area (Å²) in [7, 11) is 1.53. The standard InChI is InChI=1S/C18H15ClFNO2S/c1-23-10-13-16-14(20)3-2-4-15(16)24-17(13)18(22)21-9-11-5-7-12(19)8-6-11/h2-8H,9-10H2,1H3,(H,21,22). The lowest BCUT2D eigenvalue weighted by Gasteiger charge is -2.07. The molecule has 0 atom stereocenters. The minimum absolute atomic E-state index is 0.185. The average Bonchev–Trinajstić information content (AvgIpc) is 2.94. The number of hydrogen-bond acceptors (Lipinski definition) is 3. The maximum atomic E-state index is 14.1. The molecule has 2 aromatic carbocycles. The first kappa shape index (κ1) is 16.9. The van der Waals surface area contributed by atoms with E-state index in [0.29, 0.717) is 27.4 Å². The number of nitrogens with one attached hydrogen (secondary N) is 1. The number of amides is 1. The number of carbonyl (C=O) groups excluding carboxylic acids is 1. The highest BCUT2D eigenvalue weighted by Gasteiger charge is 2.20. The number of thiophene rings is 1. The van der Waals surface area contributed by atoms with Crippen LogP contribution in [-0.4, -0.2) is 13.0 Å². The van der Waals surface area contributed by atoms with Crippen LogP contribution in [0.2, 0.25) is 5.02 Å². The summed E-state index contributed by atoms with van der Waals surface area (Å²) in [6, 6.07) is 12.1. The molecule has 0 radical (unpaired) electrons. The van der Waals surface area contributed by atoms with Crippen molar-refractivity contribution >= 4 is 38.9 Å². The quantitative estimate of drug-likeness (QED) is 0.709. The van der Waals surface area contributed by atoms with Gasteiger partial charge in [-0.15, -0.1) is 11.3 Å². The van der Waals surface area contributed by atoms with Crippen molar-refractivity contribution in [2.24, 2.45) is 0 Å². The van der Waals surface area contributed by atoms with Crippen LogP contribution in [0.1, 0.15) is 20.8 Å². The van der Waals surface area contributed by atoms with Crippen LogP contribution in [-0.2, 0) is 17.9 Å². The summed E-state index contributed by atoms with van der Waals surface area (Å²) in [5, 5.41) is 3.97. The summed E-state index contributed by atoms with van der Waals surface area (Å²) in [5.41, 5.74) is 1.53. The molecule has 0 bridgehead atoms. The molecule has 3 nitrogen and oxygen atoms in total. The van der Waals surface area contributed by atoms with Gasteiger partial charge < -0.3 is 10.1 Å². The topological polar surface area (TPSA) is 38.3 Å². The number of fused-ring (bicyclic) bond motifs is 1. The van der Waals surface area contributed by atoms with E-state index in [-0.39, 0.29) is 18.3 Å². The monoisotopic (exact) mass is 363 g/mol. The molecule has 0 saturated carbocycles. The Morgan fingerprint density at radius 3 is 2.71 bits per heavy atom. The molecule has 1 amide bonds. The predicted molar refractivity (Wildman–Crippen MR) is 95.1 cm³/mol. The average molecular weight is 364 g/mol. The first-order valence-corrected chi connectivity index (χ1v) is 8.51. The minimum Gasteiger partial charge on any atom is -0.380 e. The second-order valence-electron chi connectivity index (χ2n) is 5.26. The summed E-state index contributed by atoms with van der Waals surface area (Å²) in [4.78, 5) is 13.0. The normalized spacial score (nSPS) is 11.0. The van der Waals surface area contributed by atoms with Crippen molar-refractivity contribution in [3.05, 3.63) is 69.3 Å². The second-order valence-corrected chi connectivity index (χ2v) is 6.75. The van der Waals surface area contributed by atoms with Crippen molar-refractivity contribution in [2.75, 3.05) is 7.11 Å².